The van der Waals surface area contributed by atoms with Crippen LogP contribution in [0.1, 0.15) is 20.0 Å². The summed E-state index contributed by atoms with van der Waals surface area (Å²) in [4.78, 5) is 41.0. The fraction of sp³-hybridized carbons (Fsp3) is 0.350. The Kier molecular flexibility index (Phi) is 5.66. The highest BCUT2D eigenvalue weighted by atomic mass is 32.1. The summed E-state index contributed by atoms with van der Waals surface area (Å²) in [6.07, 6.45) is 0. The van der Waals surface area contributed by atoms with Crippen LogP contribution in [0.5, 0.6) is 11.5 Å². The Morgan fingerprint density at radius 3 is 2.41 bits per heavy atom. The maximum atomic E-state index is 12.4. The van der Waals surface area contributed by atoms with Crippen LogP contribution < -0.4 is 9.47 Å². The van der Waals surface area contributed by atoms with Crippen molar-refractivity contribution in [3.8, 4) is 11.5 Å². The third kappa shape index (κ3) is 4.34. The van der Waals surface area contributed by atoms with Crippen LogP contribution in [0, 0.1) is 0 Å². The second kappa shape index (κ2) is 8.52. The summed E-state index contributed by atoms with van der Waals surface area (Å²) in [6.45, 7) is 2.29. The van der Waals surface area contributed by atoms with Crippen LogP contribution in [0.15, 0.2) is 35.7 Å². The highest BCUT2D eigenvalue weighted by Gasteiger charge is 2.26. The SMILES string of the molecule is O=C(OCC(=O)N1CCN(C(=O)c2cccs2)CC1)c1ccc2c(c1)OCCO2. The van der Waals surface area contributed by atoms with Crippen molar-refractivity contribution < 1.29 is 28.6 Å². The number of fused-ring (bicyclic) bond motifs is 1. The van der Waals surface area contributed by atoms with Gasteiger partial charge in [-0.25, -0.2) is 4.79 Å². The third-order valence-corrected chi connectivity index (χ3v) is 5.61. The number of hydrogen-bond acceptors (Lipinski definition) is 7. The predicted molar refractivity (Wildman–Crippen MR) is 105 cm³/mol. The van der Waals surface area contributed by atoms with Crippen LogP contribution in [0.3, 0.4) is 0 Å². The number of thiophene rings is 1. The van der Waals surface area contributed by atoms with Crippen LogP contribution in [0.2, 0.25) is 0 Å². The summed E-state index contributed by atoms with van der Waals surface area (Å²) in [5, 5.41) is 1.86. The van der Waals surface area contributed by atoms with Crippen molar-refractivity contribution >= 4 is 29.1 Å². The van der Waals surface area contributed by atoms with Crippen LogP contribution in [-0.4, -0.2) is 73.6 Å². The summed E-state index contributed by atoms with van der Waals surface area (Å²) in [7, 11) is 0. The lowest BCUT2D eigenvalue weighted by Gasteiger charge is -2.34. The van der Waals surface area contributed by atoms with Crippen molar-refractivity contribution in [3.63, 3.8) is 0 Å². The number of piperazine rings is 1. The molecular formula is C20H20N2O6S. The summed E-state index contributed by atoms with van der Waals surface area (Å²) >= 11 is 1.40. The number of carbonyl (C=O) groups excluding carboxylic acids is 3. The van der Waals surface area contributed by atoms with E-state index in [9.17, 15) is 14.4 Å². The number of hydrogen-bond donors (Lipinski definition) is 0. The van der Waals surface area contributed by atoms with Crippen LogP contribution in [0.25, 0.3) is 0 Å². The molecule has 0 spiro atoms. The van der Waals surface area contributed by atoms with E-state index in [2.05, 4.69) is 0 Å². The van der Waals surface area contributed by atoms with E-state index >= 15 is 0 Å². The monoisotopic (exact) mass is 416 g/mol. The molecule has 1 aromatic heterocycles. The van der Waals surface area contributed by atoms with E-state index in [4.69, 9.17) is 14.2 Å². The number of ether oxygens (including phenoxy) is 3. The van der Waals surface area contributed by atoms with Crippen LogP contribution >= 0.6 is 11.3 Å². The maximum absolute atomic E-state index is 12.4. The Bertz CT molecular complexity index is 906. The van der Waals surface area contributed by atoms with Gasteiger partial charge in [-0.3, -0.25) is 9.59 Å². The zero-order valence-corrected chi connectivity index (χ0v) is 16.5. The molecule has 2 aliphatic rings. The van der Waals surface area contributed by atoms with Crippen molar-refractivity contribution in [2.45, 2.75) is 0 Å². The topological polar surface area (TPSA) is 85.4 Å². The first-order valence-electron chi connectivity index (χ1n) is 9.29. The molecule has 152 valence electrons. The van der Waals surface area contributed by atoms with Gasteiger partial charge in [-0.1, -0.05) is 6.07 Å². The lowest BCUT2D eigenvalue weighted by molar-refractivity contribution is -0.136. The van der Waals surface area contributed by atoms with Crippen molar-refractivity contribution in [1.29, 1.82) is 0 Å². The van der Waals surface area contributed by atoms with Crippen molar-refractivity contribution in [2.75, 3.05) is 46.0 Å². The van der Waals surface area contributed by atoms with Crippen molar-refractivity contribution in [3.05, 3.63) is 46.2 Å². The van der Waals surface area contributed by atoms with Gasteiger partial charge in [0.2, 0.25) is 0 Å². The van der Waals surface area contributed by atoms with Gasteiger partial charge in [0.05, 0.1) is 10.4 Å². The minimum Gasteiger partial charge on any atom is -0.486 e. The van der Waals surface area contributed by atoms with E-state index in [1.165, 1.54) is 11.3 Å². The Balaban J connectivity index is 1.26. The minimum absolute atomic E-state index is 0.0165. The second-order valence-corrected chi connectivity index (χ2v) is 7.53. The molecule has 0 aliphatic carbocycles. The van der Waals surface area contributed by atoms with Gasteiger partial charge in [-0.15, -0.1) is 11.3 Å². The van der Waals surface area contributed by atoms with E-state index in [1.54, 1.807) is 34.1 Å². The molecule has 9 heteroatoms. The van der Waals surface area contributed by atoms with E-state index in [0.717, 1.165) is 0 Å². The molecule has 2 amide bonds. The molecule has 0 unspecified atom stereocenters. The van der Waals surface area contributed by atoms with Gasteiger partial charge in [0.25, 0.3) is 11.8 Å². The van der Waals surface area contributed by atoms with E-state index < -0.39 is 5.97 Å². The maximum Gasteiger partial charge on any atom is 0.338 e. The lowest BCUT2D eigenvalue weighted by Crippen LogP contribution is -2.51. The molecule has 0 bridgehead atoms. The molecule has 1 aromatic carbocycles. The van der Waals surface area contributed by atoms with Crippen LogP contribution in [-0.2, 0) is 9.53 Å². The number of carbonyl (C=O) groups is 3. The van der Waals surface area contributed by atoms with Gasteiger partial charge in [-0.05, 0) is 29.6 Å². The standard InChI is InChI=1S/C20H20N2O6S/c23-18(21-5-7-22(8-6-21)19(24)17-2-1-11-29-17)13-28-20(25)14-3-4-15-16(12-14)27-10-9-26-15/h1-4,11-12H,5-10,13H2. The molecule has 1 saturated heterocycles. The number of esters is 1. The van der Waals surface area contributed by atoms with E-state index in [0.29, 0.717) is 61.3 Å². The average molecular weight is 416 g/mol. The van der Waals surface area contributed by atoms with Crippen molar-refractivity contribution in [1.82, 2.24) is 9.80 Å². The molecule has 8 nitrogen and oxygen atoms in total. The molecule has 1 fully saturated rings. The zero-order chi connectivity index (χ0) is 20.2. The van der Waals surface area contributed by atoms with Crippen LogP contribution in [0.4, 0.5) is 0 Å². The first kappa shape index (κ1) is 19.3. The highest BCUT2D eigenvalue weighted by Crippen LogP contribution is 2.30. The Morgan fingerprint density at radius 2 is 1.69 bits per heavy atom. The van der Waals surface area contributed by atoms with Gasteiger partial charge < -0.3 is 24.0 Å². The van der Waals surface area contributed by atoms with Gasteiger partial charge in [0.15, 0.2) is 18.1 Å². The van der Waals surface area contributed by atoms with E-state index in [-0.39, 0.29) is 18.4 Å². The molecule has 3 heterocycles. The predicted octanol–water partition coefficient (Wildman–Crippen LogP) is 1.66. The van der Waals surface area contributed by atoms with Gasteiger partial charge in [0.1, 0.15) is 13.2 Å². The number of rotatable bonds is 4. The van der Waals surface area contributed by atoms with Gasteiger partial charge in [-0.2, -0.15) is 0 Å². The fourth-order valence-corrected chi connectivity index (χ4v) is 3.88. The van der Waals surface area contributed by atoms with Gasteiger partial charge >= 0.3 is 5.97 Å². The van der Waals surface area contributed by atoms with Crippen molar-refractivity contribution in [2.24, 2.45) is 0 Å². The molecule has 0 N–H and O–H groups in total. The van der Waals surface area contributed by atoms with Gasteiger partial charge in [0, 0.05) is 26.2 Å². The third-order valence-electron chi connectivity index (χ3n) is 4.76. The lowest BCUT2D eigenvalue weighted by atomic mass is 10.2. The second-order valence-electron chi connectivity index (χ2n) is 6.58. The summed E-state index contributed by atoms with van der Waals surface area (Å²) in [6, 6.07) is 8.41. The van der Waals surface area contributed by atoms with E-state index in [1.807, 2.05) is 11.4 Å². The first-order chi connectivity index (χ1) is 14.1. The molecule has 0 radical (unpaired) electrons. The minimum atomic E-state index is -0.596. The average Bonchev–Trinajstić information content (AvgIpc) is 3.31. The first-order valence-corrected chi connectivity index (χ1v) is 10.2. The fourth-order valence-electron chi connectivity index (χ4n) is 3.19. The summed E-state index contributed by atoms with van der Waals surface area (Å²) in [5.41, 5.74) is 0.299. The Morgan fingerprint density at radius 1 is 0.966 bits per heavy atom. The number of nitrogens with zero attached hydrogens (tertiary/aromatic N) is 2. The largest absolute Gasteiger partial charge is 0.486 e. The Labute approximate surface area is 171 Å². The normalized spacial score (nSPS) is 15.7. The molecule has 29 heavy (non-hydrogen) atoms. The smallest absolute Gasteiger partial charge is 0.338 e. The highest BCUT2D eigenvalue weighted by molar-refractivity contribution is 7.12. The molecular weight excluding hydrogens is 396 g/mol. The molecule has 2 aromatic rings. The molecule has 4 rings (SSSR count). The number of amides is 2. The molecule has 2 aliphatic heterocycles. The summed E-state index contributed by atoms with van der Waals surface area (Å²) in [5.74, 6) is 0.181. The quantitative estimate of drug-likeness (QED) is 0.705. The summed E-state index contributed by atoms with van der Waals surface area (Å²) < 4.78 is 16.0. The molecule has 0 atom stereocenters. The zero-order valence-electron chi connectivity index (χ0n) is 15.7. The Hall–Kier alpha value is -3.07. The molecule has 0 saturated carbocycles. The number of benzene rings is 1.